The SMILES string of the molecule is CN(C)c1occ(O)c1-c1cc(C(F)(F)F)cc(C(F)(F)F)c1. The number of alkyl halides is 6. The van der Waals surface area contributed by atoms with Crippen molar-refractivity contribution in [3.05, 3.63) is 35.6 Å². The Hall–Kier alpha value is -2.32. The lowest BCUT2D eigenvalue weighted by Crippen LogP contribution is -2.12. The Morgan fingerprint density at radius 3 is 1.78 bits per heavy atom. The fourth-order valence-electron chi connectivity index (χ4n) is 2.04. The van der Waals surface area contributed by atoms with E-state index in [2.05, 4.69) is 0 Å². The summed E-state index contributed by atoms with van der Waals surface area (Å²) < 4.78 is 82.2. The Balaban J connectivity index is 2.75. The lowest BCUT2D eigenvalue weighted by Gasteiger charge is -2.16. The molecule has 1 aromatic heterocycles. The summed E-state index contributed by atoms with van der Waals surface area (Å²) in [7, 11) is 2.94. The van der Waals surface area contributed by atoms with E-state index >= 15 is 0 Å². The normalized spacial score (nSPS) is 12.5. The molecule has 126 valence electrons. The van der Waals surface area contributed by atoms with Crippen molar-refractivity contribution in [2.45, 2.75) is 12.4 Å². The standard InChI is InChI=1S/C14H11F6NO2/c1-21(2)12-11(10(22)6-23-12)7-3-8(13(15,16)17)5-9(4-7)14(18,19)20/h3-6,22H,1-2H3. The van der Waals surface area contributed by atoms with Crippen LogP contribution in [0, 0.1) is 0 Å². The average molecular weight is 339 g/mol. The van der Waals surface area contributed by atoms with Crippen LogP contribution in [0.25, 0.3) is 11.1 Å². The molecule has 0 fully saturated rings. The van der Waals surface area contributed by atoms with Crippen molar-refractivity contribution in [1.82, 2.24) is 0 Å². The van der Waals surface area contributed by atoms with Crippen LogP contribution in [0.15, 0.2) is 28.9 Å². The van der Waals surface area contributed by atoms with Crippen molar-refractivity contribution in [3.8, 4) is 16.9 Å². The molecule has 0 atom stereocenters. The molecule has 1 aromatic carbocycles. The van der Waals surface area contributed by atoms with E-state index in [4.69, 9.17) is 4.42 Å². The summed E-state index contributed by atoms with van der Waals surface area (Å²) in [5.74, 6) is -0.615. The molecule has 0 saturated heterocycles. The highest BCUT2D eigenvalue weighted by Crippen LogP contribution is 2.44. The minimum Gasteiger partial charge on any atom is -0.504 e. The van der Waals surface area contributed by atoms with Gasteiger partial charge >= 0.3 is 12.4 Å². The number of anilines is 1. The zero-order valence-electron chi connectivity index (χ0n) is 11.9. The van der Waals surface area contributed by atoms with Gasteiger partial charge in [0.15, 0.2) is 5.75 Å². The first-order chi connectivity index (χ1) is 10.4. The largest absolute Gasteiger partial charge is 0.504 e. The van der Waals surface area contributed by atoms with Gasteiger partial charge in [-0.3, -0.25) is 0 Å². The van der Waals surface area contributed by atoms with Gasteiger partial charge in [0.05, 0.1) is 16.7 Å². The molecule has 0 radical (unpaired) electrons. The van der Waals surface area contributed by atoms with Gasteiger partial charge < -0.3 is 14.4 Å². The van der Waals surface area contributed by atoms with E-state index in [-0.39, 0.29) is 17.5 Å². The number of aromatic hydroxyl groups is 1. The smallest absolute Gasteiger partial charge is 0.416 e. The highest BCUT2D eigenvalue weighted by Gasteiger charge is 2.37. The van der Waals surface area contributed by atoms with Crippen LogP contribution in [0.1, 0.15) is 11.1 Å². The molecule has 0 saturated carbocycles. The summed E-state index contributed by atoms with van der Waals surface area (Å²) in [5.41, 5.74) is -3.62. The maximum absolute atomic E-state index is 12.9. The van der Waals surface area contributed by atoms with Crippen molar-refractivity contribution in [3.63, 3.8) is 0 Å². The van der Waals surface area contributed by atoms with Crippen LogP contribution in [0.3, 0.4) is 0 Å². The van der Waals surface area contributed by atoms with E-state index in [0.717, 1.165) is 6.26 Å². The van der Waals surface area contributed by atoms with Gasteiger partial charge in [-0.2, -0.15) is 26.3 Å². The van der Waals surface area contributed by atoms with Crippen LogP contribution in [-0.4, -0.2) is 19.2 Å². The van der Waals surface area contributed by atoms with Gasteiger partial charge in [-0.05, 0) is 23.8 Å². The number of hydrogen-bond acceptors (Lipinski definition) is 3. The van der Waals surface area contributed by atoms with Gasteiger partial charge in [0.25, 0.3) is 0 Å². The molecule has 0 unspecified atom stereocenters. The maximum atomic E-state index is 12.9. The summed E-state index contributed by atoms with van der Waals surface area (Å²) in [6, 6.07) is 1.09. The molecule has 23 heavy (non-hydrogen) atoms. The van der Waals surface area contributed by atoms with Crippen LogP contribution >= 0.6 is 0 Å². The number of rotatable bonds is 2. The first-order valence-electron chi connectivity index (χ1n) is 6.19. The minimum absolute atomic E-state index is 0.0238. The minimum atomic E-state index is -4.96. The molecule has 2 rings (SSSR count). The van der Waals surface area contributed by atoms with E-state index < -0.39 is 34.8 Å². The predicted molar refractivity (Wildman–Crippen MR) is 70.1 cm³/mol. The van der Waals surface area contributed by atoms with Crippen LogP contribution in [0.5, 0.6) is 5.75 Å². The molecule has 0 aliphatic carbocycles. The first kappa shape index (κ1) is 17.0. The Morgan fingerprint density at radius 2 is 1.39 bits per heavy atom. The highest BCUT2D eigenvalue weighted by atomic mass is 19.4. The van der Waals surface area contributed by atoms with Gasteiger partial charge in [-0.25, -0.2) is 0 Å². The lowest BCUT2D eigenvalue weighted by molar-refractivity contribution is -0.143. The summed E-state index contributed by atoms with van der Waals surface area (Å²) >= 11 is 0. The molecule has 2 aromatic rings. The van der Waals surface area contributed by atoms with Crippen molar-refractivity contribution in [2.24, 2.45) is 0 Å². The van der Waals surface area contributed by atoms with E-state index in [0.29, 0.717) is 12.1 Å². The molecule has 0 aliphatic rings. The number of furan rings is 1. The average Bonchev–Trinajstić information content (AvgIpc) is 2.78. The van der Waals surface area contributed by atoms with E-state index in [1.165, 1.54) is 19.0 Å². The summed E-state index contributed by atoms with van der Waals surface area (Å²) in [6.45, 7) is 0. The second-order valence-corrected chi connectivity index (χ2v) is 4.99. The third-order valence-electron chi connectivity index (χ3n) is 3.03. The Bertz CT molecular complexity index is 683. The Kier molecular flexibility index (Phi) is 4.00. The third-order valence-corrected chi connectivity index (χ3v) is 3.03. The predicted octanol–water partition coefficient (Wildman–Crippen LogP) is 4.76. The number of benzene rings is 1. The van der Waals surface area contributed by atoms with Gasteiger partial charge in [0.1, 0.15) is 6.26 Å². The van der Waals surface area contributed by atoms with Crippen molar-refractivity contribution >= 4 is 5.88 Å². The van der Waals surface area contributed by atoms with Gasteiger partial charge in [-0.1, -0.05) is 0 Å². The zero-order valence-corrected chi connectivity index (χ0v) is 11.9. The summed E-state index contributed by atoms with van der Waals surface area (Å²) in [6.07, 6.45) is -9.08. The molecule has 1 N–H and O–H groups in total. The number of hydrogen-bond donors (Lipinski definition) is 1. The first-order valence-corrected chi connectivity index (χ1v) is 6.19. The van der Waals surface area contributed by atoms with Crippen LogP contribution in [0.4, 0.5) is 32.2 Å². The zero-order chi connectivity index (χ0) is 17.6. The second-order valence-electron chi connectivity index (χ2n) is 4.99. The van der Waals surface area contributed by atoms with Crippen molar-refractivity contribution in [1.29, 1.82) is 0 Å². The molecular weight excluding hydrogens is 328 g/mol. The molecule has 1 heterocycles. The van der Waals surface area contributed by atoms with Gasteiger partial charge in [-0.15, -0.1) is 0 Å². The highest BCUT2D eigenvalue weighted by molar-refractivity contribution is 5.81. The fraction of sp³-hybridized carbons (Fsp3) is 0.286. The van der Waals surface area contributed by atoms with Crippen LogP contribution < -0.4 is 4.90 Å². The molecule has 0 spiro atoms. The summed E-state index contributed by atoms with van der Waals surface area (Å²) in [5, 5.41) is 9.74. The van der Waals surface area contributed by atoms with Crippen LogP contribution in [0.2, 0.25) is 0 Å². The maximum Gasteiger partial charge on any atom is 0.416 e. The Morgan fingerprint density at radius 1 is 0.913 bits per heavy atom. The second kappa shape index (κ2) is 5.39. The molecular formula is C14H11F6NO2. The quantitative estimate of drug-likeness (QED) is 0.802. The monoisotopic (exact) mass is 339 g/mol. The number of halogens is 6. The lowest BCUT2D eigenvalue weighted by atomic mass is 9.99. The topological polar surface area (TPSA) is 36.6 Å². The van der Waals surface area contributed by atoms with Crippen molar-refractivity contribution < 1.29 is 35.9 Å². The van der Waals surface area contributed by atoms with Crippen LogP contribution in [-0.2, 0) is 12.4 Å². The van der Waals surface area contributed by atoms with Gasteiger partial charge in [0.2, 0.25) is 5.88 Å². The Labute approximate surface area is 126 Å². The third kappa shape index (κ3) is 3.38. The molecule has 9 heteroatoms. The number of nitrogens with zero attached hydrogens (tertiary/aromatic N) is 1. The van der Waals surface area contributed by atoms with E-state index in [1.54, 1.807) is 0 Å². The van der Waals surface area contributed by atoms with E-state index in [1.807, 2.05) is 0 Å². The molecule has 0 amide bonds. The van der Waals surface area contributed by atoms with E-state index in [9.17, 15) is 31.4 Å². The van der Waals surface area contributed by atoms with Gasteiger partial charge in [0, 0.05) is 14.1 Å². The fourth-order valence-corrected chi connectivity index (χ4v) is 2.04. The molecule has 3 nitrogen and oxygen atoms in total. The summed E-state index contributed by atoms with van der Waals surface area (Å²) in [4.78, 5) is 1.32. The van der Waals surface area contributed by atoms with Crippen molar-refractivity contribution in [2.75, 3.05) is 19.0 Å². The molecule has 0 bridgehead atoms. The molecule has 0 aliphatic heterocycles.